The molecule has 1 aromatic carbocycles. The van der Waals surface area contributed by atoms with Crippen LogP contribution in [-0.2, 0) is 0 Å². The molecule has 6 nitrogen and oxygen atoms in total. The minimum absolute atomic E-state index is 0.210. The standard InChI is InChI=1S/C14H10ClN5O/c15-11-3-1-10(2-4-11)13(21)18-14-17-12(19-20-14)9-5-7-16-8-6-9/h1-8H,(H2,17,18,19,20,21). The molecule has 3 rings (SSSR count). The zero-order valence-corrected chi connectivity index (χ0v) is 11.5. The number of benzene rings is 1. The highest BCUT2D eigenvalue weighted by molar-refractivity contribution is 6.30. The maximum Gasteiger partial charge on any atom is 0.258 e. The second kappa shape index (κ2) is 5.72. The molecule has 104 valence electrons. The fourth-order valence-electron chi connectivity index (χ4n) is 1.73. The number of amides is 1. The van der Waals surface area contributed by atoms with E-state index in [4.69, 9.17) is 11.6 Å². The first-order chi connectivity index (χ1) is 10.2. The molecule has 7 heteroatoms. The number of rotatable bonds is 3. The van der Waals surface area contributed by atoms with Crippen molar-refractivity contribution in [3.63, 3.8) is 0 Å². The van der Waals surface area contributed by atoms with Crippen LogP contribution in [0.1, 0.15) is 10.4 Å². The molecule has 2 N–H and O–H groups in total. The Hall–Kier alpha value is -2.73. The van der Waals surface area contributed by atoms with Gasteiger partial charge in [0, 0.05) is 28.5 Å². The number of aromatic amines is 1. The summed E-state index contributed by atoms with van der Waals surface area (Å²) in [5, 5.41) is 9.91. The van der Waals surface area contributed by atoms with E-state index in [-0.39, 0.29) is 11.9 Å². The van der Waals surface area contributed by atoms with Crippen LogP contribution >= 0.6 is 11.6 Å². The molecule has 2 heterocycles. The molecule has 0 saturated heterocycles. The van der Waals surface area contributed by atoms with Crippen LogP contribution in [0.25, 0.3) is 11.4 Å². The minimum Gasteiger partial charge on any atom is -0.289 e. The van der Waals surface area contributed by atoms with E-state index in [0.29, 0.717) is 16.4 Å². The number of halogens is 1. The highest BCUT2D eigenvalue weighted by Gasteiger charge is 2.10. The largest absolute Gasteiger partial charge is 0.289 e. The SMILES string of the molecule is O=C(Nc1n[nH]c(-c2ccncc2)n1)c1ccc(Cl)cc1. The van der Waals surface area contributed by atoms with Crippen molar-refractivity contribution in [2.45, 2.75) is 0 Å². The first kappa shape index (κ1) is 13.3. The van der Waals surface area contributed by atoms with Gasteiger partial charge in [-0.1, -0.05) is 11.6 Å². The zero-order chi connectivity index (χ0) is 14.7. The van der Waals surface area contributed by atoms with Crippen molar-refractivity contribution in [1.82, 2.24) is 20.2 Å². The smallest absolute Gasteiger partial charge is 0.258 e. The van der Waals surface area contributed by atoms with Gasteiger partial charge in [0.1, 0.15) is 0 Å². The molecule has 0 unspecified atom stereocenters. The summed E-state index contributed by atoms with van der Waals surface area (Å²) in [5.41, 5.74) is 1.32. The lowest BCUT2D eigenvalue weighted by atomic mass is 10.2. The zero-order valence-electron chi connectivity index (χ0n) is 10.7. The maximum absolute atomic E-state index is 12.0. The Morgan fingerprint density at radius 3 is 2.52 bits per heavy atom. The van der Waals surface area contributed by atoms with E-state index in [1.165, 1.54) is 0 Å². The molecule has 0 bridgehead atoms. The number of hydrogen-bond donors (Lipinski definition) is 2. The number of carbonyl (C=O) groups excluding carboxylic acids is 1. The molecule has 0 aliphatic rings. The third kappa shape index (κ3) is 3.06. The Bertz CT molecular complexity index is 755. The van der Waals surface area contributed by atoms with E-state index in [2.05, 4.69) is 25.5 Å². The number of hydrogen-bond acceptors (Lipinski definition) is 4. The average molecular weight is 300 g/mol. The lowest BCUT2D eigenvalue weighted by Gasteiger charge is -2.00. The fraction of sp³-hybridized carbons (Fsp3) is 0. The Morgan fingerprint density at radius 2 is 1.81 bits per heavy atom. The van der Waals surface area contributed by atoms with E-state index < -0.39 is 0 Å². The van der Waals surface area contributed by atoms with Gasteiger partial charge in [-0.2, -0.15) is 4.98 Å². The summed E-state index contributed by atoms with van der Waals surface area (Å²) >= 11 is 5.78. The maximum atomic E-state index is 12.0. The van der Waals surface area contributed by atoms with Crippen molar-refractivity contribution in [3.05, 3.63) is 59.4 Å². The molecule has 0 aliphatic heterocycles. The van der Waals surface area contributed by atoms with E-state index in [1.807, 2.05) is 0 Å². The quantitative estimate of drug-likeness (QED) is 0.779. The molecule has 0 saturated carbocycles. The summed E-state index contributed by atoms with van der Waals surface area (Å²) in [6.45, 7) is 0. The molecule has 0 radical (unpaired) electrons. The van der Waals surface area contributed by atoms with Crippen LogP contribution in [0.3, 0.4) is 0 Å². The predicted molar refractivity (Wildman–Crippen MR) is 79.0 cm³/mol. The second-order valence-corrected chi connectivity index (χ2v) is 4.64. The van der Waals surface area contributed by atoms with Gasteiger partial charge in [-0.15, -0.1) is 5.10 Å². The van der Waals surface area contributed by atoms with Crippen molar-refractivity contribution >= 4 is 23.5 Å². The Labute approximate surface area is 125 Å². The molecule has 0 spiro atoms. The van der Waals surface area contributed by atoms with Gasteiger partial charge >= 0.3 is 0 Å². The van der Waals surface area contributed by atoms with Gasteiger partial charge in [-0.05, 0) is 36.4 Å². The topological polar surface area (TPSA) is 83.6 Å². The van der Waals surface area contributed by atoms with Crippen LogP contribution in [0, 0.1) is 0 Å². The van der Waals surface area contributed by atoms with E-state index >= 15 is 0 Å². The first-order valence-corrected chi connectivity index (χ1v) is 6.50. The van der Waals surface area contributed by atoms with Gasteiger partial charge in [-0.25, -0.2) is 0 Å². The second-order valence-electron chi connectivity index (χ2n) is 4.20. The van der Waals surface area contributed by atoms with Gasteiger partial charge in [0.2, 0.25) is 5.95 Å². The summed E-state index contributed by atoms with van der Waals surface area (Å²) in [7, 11) is 0. The monoisotopic (exact) mass is 299 g/mol. The molecule has 2 aromatic heterocycles. The van der Waals surface area contributed by atoms with Crippen molar-refractivity contribution in [3.8, 4) is 11.4 Å². The van der Waals surface area contributed by atoms with Gasteiger partial charge in [0.05, 0.1) is 0 Å². The Balaban J connectivity index is 1.75. The van der Waals surface area contributed by atoms with Crippen LogP contribution in [0.4, 0.5) is 5.95 Å². The van der Waals surface area contributed by atoms with Gasteiger partial charge in [-0.3, -0.25) is 20.2 Å². The molecule has 21 heavy (non-hydrogen) atoms. The summed E-state index contributed by atoms with van der Waals surface area (Å²) in [5.74, 6) is 0.470. The van der Waals surface area contributed by atoms with Crippen molar-refractivity contribution in [2.24, 2.45) is 0 Å². The van der Waals surface area contributed by atoms with E-state index in [1.54, 1.807) is 48.8 Å². The average Bonchev–Trinajstić information content (AvgIpc) is 2.97. The summed E-state index contributed by atoms with van der Waals surface area (Å²) in [6, 6.07) is 10.2. The number of nitrogens with one attached hydrogen (secondary N) is 2. The number of aromatic nitrogens is 4. The molecular weight excluding hydrogens is 290 g/mol. The molecule has 0 fully saturated rings. The first-order valence-electron chi connectivity index (χ1n) is 6.12. The van der Waals surface area contributed by atoms with Crippen LogP contribution in [0.2, 0.25) is 5.02 Å². The normalized spacial score (nSPS) is 10.3. The third-order valence-electron chi connectivity index (χ3n) is 2.77. The fourth-order valence-corrected chi connectivity index (χ4v) is 1.86. The van der Waals surface area contributed by atoms with Crippen LogP contribution in [0.15, 0.2) is 48.8 Å². The minimum atomic E-state index is -0.299. The Kier molecular flexibility index (Phi) is 3.61. The summed E-state index contributed by atoms with van der Waals surface area (Å²) < 4.78 is 0. The van der Waals surface area contributed by atoms with E-state index in [9.17, 15) is 4.79 Å². The molecule has 0 atom stereocenters. The molecule has 3 aromatic rings. The Morgan fingerprint density at radius 1 is 1.10 bits per heavy atom. The molecule has 0 aliphatic carbocycles. The molecular formula is C14H10ClN5O. The third-order valence-corrected chi connectivity index (χ3v) is 3.02. The lowest BCUT2D eigenvalue weighted by molar-refractivity contribution is 0.102. The van der Waals surface area contributed by atoms with Crippen LogP contribution < -0.4 is 5.32 Å². The van der Waals surface area contributed by atoms with Crippen molar-refractivity contribution in [1.29, 1.82) is 0 Å². The van der Waals surface area contributed by atoms with Gasteiger partial charge in [0.15, 0.2) is 5.82 Å². The van der Waals surface area contributed by atoms with Gasteiger partial charge < -0.3 is 0 Å². The van der Waals surface area contributed by atoms with E-state index in [0.717, 1.165) is 5.56 Å². The number of H-pyrrole nitrogens is 1. The summed E-state index contributed by atoms with van der Waals surface area (Å²) in [4.78, 5) is 20.2. The van der Waals surface area contributed by atoms with Crippen molar-refractivity contribution < 1.29 is 4.79 Å². The molecule has 1 amide bonds. The predicted octanol–water partition coefficient (Wildman–Crippen LogP) is 2.77. The van der Waals surface area contributed by atoms with Gasteiger partial charge in [0.25, 0.3) is 5.91 Å². The van der Waals surface area contributed by atoms with Crippen LogP contribution in [0.5, 0.6) is 0 Å². The number of carbonyl (C=O) groups is 1. The highest BCUT2D eigenvalue weighted by atomic mass is 35.5. The number of anilines is 1. The number of nitrogens with zero attached hydrogens (tertiary/aromatic N) is 3. The summed E-state index contributed by atoms with van der Waals surface area (Å²) in [6.07, 6.45) is 3.31. The number of pyridine rings is 1. The van der Waals surface area contributed by atoms with Crippen LogP contribution in [-0.4, -0.2) is 26.1 Å². The van der Waals surface area contributed by atoms with Crippen molar-refractivity contribution in [2.75, 3.05) is 5.32 Å². The highest BCUT2D eigenvalue weighted by Crippen LogP contribution is 2.15. The lowest BCUT2D eigenvalue weighted by Crippen LogP contribution is -2.12.